The Morgan fingerprint density at radius 3 is 2.41 bits per heavy atom. The first-order chi connectivity index (χ1) is 14.6. The van der Waals surface area contributed by atoms with Gasteiger partial charge in [0.25, 0.3) is 5.91 Å². The van der Waals surface area contributed by atoms with Crippen molar-refractivity contribution in [1.29, 1.82) is 0 Å². The molecule has 0 spiro atoms. The van der Waals surface area contributed by atoms with E-state index in [-0.39, 0.29) is 30.1 Å². The standard InChI is InChI=1S/C22H27F3N4O2.ClH/c1-14-13-26-20(12-19(14)29(2)3)27-16-7-9-17(10-8-16)28-21(30)15-5-4-6-18(11-15)31-22(23,24)25;/h4-6,11-13,16-17H,7-10H2,1-3H3,(H,26,27)(H,28,30);1H. The Bertz CT molecular complexity index is 916. The van der Waals surface area contributed by atoms with Gasteiger partial charge in [0.15, 0.2) is 0 Å². The van der Waals surface area contributed by atoms with Crippen molar-refractivity contribution >= 4 is 29.8 Å². The van der Waals surface area contributed by atoms with Crippen molar-refractivity contribution < 1.29 is 22.7 Å². The van der Waals surface area contributed by atoms with E-state index < -0.39 is 18.0 Å². The number of anilines is 2. The molecule has 1 fully saturated rings. The first-order valence-electron chi connectivity index (χ1n) is 10.2. The highest BCUT2D eigenvalue weighted by molar-refractivity contribution is 5.94. The van der Waals surface area contributed by atoms with Crippen LogP contribution >= 0.6 is 12.4 Å². The molecule has 176 valence electrons. The van der Waals surface area contributed by atoms with E-state index >= 15 is 0 Å². The fraction of sp³-hybridized carbons (Fsp3) is 0.455. The number of rotatable bonds is 6. The number of pyridine rings is 1. The van der Waals surface area contributed by atoms with Crippen molar-refractivity contribution in [3.05, 3.63) is 47.7 Å². The summed E-state index contributed by atoms with van der Waals surface area (Å²) in [6, 6.07) is 7.36. The van der Waals surface area contributed by atoms with Crippen molar-refractivity contribution in [2.75, 3.05) is 24.3 Å². The summed E-state index contributed by atoms with van der Waals surface area (Å²) in [7, 11) is 3.98. The van der Waals surface area contributed by atoms with E-state index in [1.165, 1.54) is 18.2 Å². The molecule has 1 amide bonds. The normalized spacial score (nSPS) is 18.3. The number of benzene rings is 1. The Kier molecular flexibility index (Phi) is 8.60. The van der Waals surface area contributed by atoms with E-state index in [9.17, 15) is 18.0 Å². The summed E-state index contributed by atoms with van der Waals surface area (Å²) in [4.78, 5) is 19.0. The predicted octanol–water partition coefficient (Wildman–Crippen LogP) is 4.93. The summed E-state index contributed by atoms with van der Waals surface area (Å²) in [5.74, 6) is 0.0128. The van der Waals surface area contributed by atoms with Gasteiger partial charge < -0.3 is 20.3 Å². The summed E-state index contributed by atoms with van der Waals surface area (Å²) in [5, 5.41) is 6.38. The highest BCUT2D eigenvalue weighted by atomic mass is 35.5. The lowest BCUT2D eigenvalue weighted by Crippen LogP contribution is -2.40. The number of halogens is 4. The molecule has 2 aromatic rings. The number of nitrogens with one attached hydrogen (secondary N) is 2. The number of hydrogen-bond donors (Lipinski definition) is 2. The SMILES string of the molecule is Cc1cnc(NC2CCC(NC(=O)c3cccc(OC(F)(F)F)c3)CC2)cc1N(C)C.Cl. The van der Waals surface area contributed by atoms with E-state index in [1.54, 1.807) is 0 Å². The second-order valence-electron chi connectivity index (χ2n) is 7.99. The van der Waals surface area contributed by atoms with Crippen LogP contribution in [0, 0.1) is 6.92 Å². The van der Waals surface area contributed by atoms with Crippen molar-refractivity contribution in [3.63, 3.8) is 0 Å². The molecular weight excluding hydrogens is 445 g/mol. The molecule has 3 rings (SSSR count). The largest absolute Gasteiger partial charge is 0.573 e. The van der Waals surface area contributed by atoms with Crippen LogP contribution in [-0.2, 0) is 0 Å². The molecule has 1 aliphatic rings. The summed E-state index contributed by atoms with van der Waals surface area (Å²) >= 11 is 0. The molecule has 6 nitrogen and oxygen atoms in total. The average Bonchev–Trinajstić information content (AvgIpc) is 2.69. The van der Waals surface area contributed by atoms with Gasteiger partial charge in [0.1, 0.15) is 11.6 Å². The molecule has 2 N–H and O–H groups in total. The minimum absolute atomic E-state index is 0. The number of nitrogens with zero attached hydrogens (tertiary/aromatic N) is 2. The molecular formula is C22H28ClF3N4O2. The quantitative estimate of drug-likeness (QED) is 0.624. The maximum Gasteiger partial charge on any atom is 0.573 e. The highest BCUT2D eigenvalue weighted by Crippen LogP contribution is 2.26. The van der Waals surface area contributed by atoms with Crippen molar-refractivity contribution in [1.82, 2.24) is 10.3 Å². The molecule has 0 radical (unpaired) electrons. The number of amides is 1. The summed E-state index contributed by atoms with van der Waals surface area (Å²) in [5.41, 5.74) is 2.35. The lowest BCUT2D eigenvalue weighted by atomic mass is 9.91. The summed E-state index contributed by atoms with van der Waals surface area (Å²) < 4.78 is 41.0. The van der Waals surface area contributed by atoms with Crippen LogP contribution in [0.4, 0.5) is 24.7 Å². The second-order valence-corrected chi connectivity index (χ2v) is 7.99. The average molecular weight is 473 g/mol. The highest BCUT2D eigenvalue weighted by Gasteiger charge is 2.31. The van der Waals surface area contributed by atoms with Gasteiger partial charge >= 0.3 is 6.36 Å². The predicted molar refractivity (Wildman–Crippen MR) is 121 cm³/mol. The maximum atomic E-state index is 12.5. The van der Waals surface area contributed by atoms with Gasteiger partial charge in [0.2, 0.25) is 0 Å². The minimum Gasteiger partial charge on any atom is -0.406 e. The molecule has 1 aliphatic carbocycles. The molecule has 0 aliphatic heterocycles. The van der Waals surface area contributed by atoms with E-state index in [0.29, 0.717) is 0 Å². The molecule has 0 atom stereocenters. The fourth-order valence-corrected chi connectivity index (χ4v) is 3.77. The zero-order valence-corrected chi connectivity index (χ0v) is 19.0. The first-order valence-corrected chi connectivity index (χ1v) is 10.2. The van der Waals surface area contributed by atoms with Crippen LogP contribution in [0.5, 0.6) is 5.75 Å². The first kappa shape index (κ1) is 25.6. The molecule has 0 bridgehead atoms. The Labute approximate surface area is 192 Å². The van der Waals surface area contributed by atoms with Gasteiger partial charge in [-0.05, 0) is 56.4 Å². The molecule has 10 heteroatoms. The minimum atomic E-state index is -4.79. The van der Waals surface area contributed by atoms with E-state index in [4.69, 9.17) is 0 Å². The molecule has 1 aromatic carbocycles. The zero-order chi connectivity index (χ0) is 22.6. The number of carbonyl (C=O) groups excluding carboxylic acids is 1. The number of alkyl halides is 3. The second kappa shape index (κ2) is 10.8. The smallest absolute Gasteiger partial charge is 0.406 e. The van der Waals surface area contributed by atoms with Crippen molar-refractivity contribution in [2.45, 2.75) is 51.1 Å². The van der Waals surface area contributed by atoms with Gasteiger partial charge in [-0.2, -0.15) is 0 Å². The van der Waals surface area contributed by atoms with Crippen LogP contribution in [0.3, 0.4) is 0 Å². The lowest BCUT2D eigenvalue weighted by Gasteiger charge is -2.30. The Balaban J connectivity index is 0.00000363. The van der Waals surface area contributed by atoms with Gasteiger partial charge in [-0.3, -0.25) is 4.79 Å². The molecule has 1 saturated carbocycles. The van der Waals surface area contributed by atoms with Crippen molar-refractivity contribution in [3.8, 4) is 5.75 Å². The molecule has 1 aromatic heterocycles. The molecule has 32 heavy (non-hydrogen) atoms. The van der Waals surface area contributed by atoms with Gasteiger partial charge in [-0.15, -0.1) is 25.6 Å². The van der Waals surface area contributed by atoms with Gasteiger partial charge in [-0.25, -0.2) is 4.98 Å². The van der Waals surface area contributed by atoms with E-state index in [2.05, 4.69) is 20.4 Å². The van der Waals surface area contributed by atoms with Gasteiger partial charge in [0, 0.05) is 49.7 Å². The van der Waals surface area contributed by atoms with Gasteiger partial charge in [-0.1, -0.05) is 6.07 Å². The number of carbonyl (C=O) groups is 1. The number of ether oxygens (including phenoxy) is 1. The number of aromatic nitrogens is 1. The van der Waals surface area contributed by atoms with Crippen LogP contribution in [0.15, 0.2) is 36.5 Å². The number of aryl methyl sites for hydroxylation is 1. The molecule has 0 saturated heterocycles. The summed E-state index contributed by atoms with van der Waals surface area (Å²) in [6.07, 6.45) is 0.313. The third-order valence-corrected chi connectivity index (χ3v) is 5.30. The lowest BCUT2D eigenvalue weighted by molar-refractivity contribution is -0.274. The third-order valence-electron chi connectivity index (χ3n) is 5.30. The molecule has 0 unspecified atom stereocenters. The van der Waals surface area contributed by atoms with Crippen LogP contribution in [0.2, 0.25) is 0 Å². The zero-order valence-electron chi connectivity index (χ0n) is 18.2. The monoisotopic (exact) mass is 472 g/mol. The van der Waals surface area contributed by atoms with Crippen molar-refractivity contribution in [2.24, 2.45) is 0 Å². The topological polar surface area (TPSA) is 66.5 Å². The van der Waals surface area contributed by atoms with E-state index in [1.807, 2.05) is 38.2 Å². The van der Waals surface area contributed by atoms with Crippen LogP contribution in [-0.4, -0.2) is 43.4 Å². The van der Waals surface area contributed by atoms with Crippen LogP contribution in [0.25, 0.3) is 0 Å². The Morgan fingerprint density at radius 2 is 1.78 bits per heavy atom. The summed E-state index contributed by atoms with van der Waals surface area (Å²) in [6.45, 7) is 2.02. The van der Waals surface area contributed by atoms with E-state index in [0.717, 1.165) is 48.8 Å². The fourth-order valence-electron chi connectivity index (χ4n) is 3.77. The third kappa shape index (κ3) is 7.19. The number of hydrogen-bond acceptors (Lipinski definition) is 5. The molecule has 1 heterocycles. The Hall–Kier alpha value is -2.68. The van der Waals surface area contributed by atoms with Gasteiger partial charge in [0.05, 0.1) is 0 Å². The maximum absolute atomic E-state index is 12.5. The van der Waals surface area contributed by atoms with Crippen LogP contribution in [0.1, 0.15) is 41.6 Å². The van der Waals surface area contributed by atoms with Crippen LogP contribution < -0.4 is 20.3 Å². The Morgan fingerprint density at radius 1 is 1.12 bits per heavy atom.